The average molecular weight is 282 g/mol. The van der Waals surface area contributed by atoms with Crippen LogP contribution in [-0.4, -0.2) is 9.55 Å². The summed E-state index contributed by atoms with van der Waals surface area (Å²) < 4.78 is 1.34. The number of nitrogens with zero attached hydrogens (tertiary/aromatic N) is 1. The van der Waals surface area contributed by atoms with Gasteiger partial charge in [-0.3, -0.25) is 14.3 Å². The zero-order chi connectivity index (χ0) is 15.0. The number of nitrogens with two attached hydrogens (primary N) is 2. The van der Waals surface area contributed by atoms with Crippen LogP contribution in [-0.2, 0) is 6.54 Å². The van der Waals surface area contributed by atoms with Gasteiger partial charge in [-0.15, -0.1) is 0 Å². The van der Waals surface area contributed by atoms with E-state index in [1.165, 1.54) is 36.7 Å². The van der Waals surface area contributed by atoms with Crippen molar-refractivity contribution in [3.63, 3.8) is 0 Å². The second kappa shape index (κ2) is 8.45. The molecule has 20 heavy (non-hydrogen) atoms. The van der Waals surface area contributed by atoms with Crippen molar-refractivity contribution >= 4 is 11.5 Å². The van der Waals surface area contributed by atoms with Gasteiger partial charge in [0.1, 0.15) is 11.5 Å². The van der Waals surface area contributed by atoms with E-state index in [1.807, 2.05) is 0 Å². The second-order valence-corrected chi connectivity index (χ2v) is 5.18. The molecule has 0 bridgehead atoms. The van der Waals surface area contributed by atoms with E-state index in [2.05, 4.69) is 11.9 Å². The first-order chi connectivity index (χ1) is 9.57. The van der Waals surface area contributed by atoms with Crippen LogP contribution < -0.4 is 22.7 Å². The predicted molar refractivity (Wildman–Crippen MR) is 82.8 cm³/mol. The number of H-pyrrole nitrogens is 1. The molecule has 5 N–H and O–H groups in total. The number of unbranched alkanes of at least 4 members (excludes halogenated alkanes) is 7. The van der Waals surface area contributed by atoms with Crippen molar-refractivity contribution in [2.45, 2.75) is 64.8 Å². The van der Waals surface area contributed by atoms with Crippen molar-refractivity contribution in [2.24, 2.45) is 0 Å². The van der Waals surface area contributed by atoms with Gasteiger partial charge in [0.15, 0.2) is 0 Å². The van der Waals surface area contributed by atoms with Gasteiger partial charge in [0.05, 0.1) is 0 Å². The van der Waals surface area contributed by atoms with E-state index < -0.39 is 11.2 Å². The van der Waals surface area contributed by atoms with Gasteiger partial charge in [-0.2, -0.15) is 0 Å². The molecule has 0 radical (unpaired) electrons. The van der Waals surface area contributed by atoms with Crippen LogP contribution in [0.15, 0.2) is 9.59 Å². The minimum absolute atomic E-state index is 0.0710. The third-order valence-electron chi connectivity index (χ3n) is 3.51. The average Bonchev–Trinajstić information content (AvgIpc) is 2.42. The zero-order valence-electron chi connectivity index (χ0n) is 12.3. The lowest BCUT2D eigenvalue weighted by molar-refractivity contribution is 0.536. The van der Waals surface area contributed by atoms with E-state index >= 15 is 0 Å². The fraction of sp³-hybridized carbons (Fsp3) is 0.714. The van der Waals surface area contributed by atoms with Gasteiger partial charge in [0.25, 0.3) is 5.56 Å². The summed E-state index contributed by atoms with van der Waals surface area (Å²) in [6.07, 6.45) is 9.47. The molecule has 0 spiro atoms. The van der Waals surface area contributed by atoms with E-state index in [1.54, 1.807) is 0 Å². The normalized spacial score (nSPS) is 10.8. The molecule has 0 saturated carbocycles. The van der Waals surface area contributed by atoms with E-state index in [4.69, 9.17) is 11.5 Å². The first-order valence-electron chi connectivity index (χ1n) is 7.46. The van der Waals surface area contributed by atoms with E-state index in [0.29, 0.717) is 6.54 Å². The number of nitrogens with one attached hydrogen (secondary N) is 1. The standard InChI is InChI=1S/C14H26N4O2/c1-2-3-4-5-6-7-8-9-10-18-12(16)11(15)13(19)17-14(18)20/h2-10,15-16H2,1H3,(H,17,19,20). The van der Waals surface area contributed by atoms with Crippen molar-refractivity contribution in [3.8, 4) is 0 Å². The molecule has 1 rings (SSSR count). The molecule has 1 aromatic rings. The summed E-state index contributed by atoms with van der Waals surface area (Å²) in [4.78, 5) is 25.0. The minimum Gasteiger partial charge on any atom is -0.391 e. The Morgan fingerprint density at radius 1 is 0.950 bits per heavy atom. The lowest BCUT2D eigenvalue weighted by atomic mass is 10.1. The number of nitrogen functional groups attached to an aromatic ring is 2. The largest absolute Gasteiger partial charge is 0.391 e. The number of rotatable bonds is 9. The molecule has 6 heteroatoms. The van der Waals surface area contributed by atoms with Crippen LogP contribution in [0.25, 0.3) is 0 Å². The maximum absolute atomic E-state index is 11.6. The Bertz CT molecular complexity index is 519. The Kier molecular flexibility index (Phi) is 6.90. The smallest absolute Gasteiger partial charge is 0.330 e. The SMILES string of the molecule is CCCCCCCCCCn1c(N)c(N)c(=O)[nH]c1=O. The summed E-state index contributed by atoms with van der Waals surface area (Å²) >= 11 is 0. The number of hydrogen-bond donors (Lipinski definition) is 3. The Morgan fingerprint density at radius 3 is 2.10 bits per heavy atom. The number of aromatic nitrogens is 2. The second-order valence-electron chi connectivity index (χ2n) is 5.18. The van der Waals surface area contributed by atoms with Gasteiger partial charge in [-0.05, 0) is 6.42 Å². The monoisotopic (exact) mass is 282 g/mol. The highest BCUT2D eigenvalue weighted by Crippen LogP contribution is 2.10. The van der Waals surface area contributed by atoms with Crippen LogP contribution in [0.1, 0.15) is 58.3 Å². The lowest BCUT2D eigenvalue weighted by Crippen LogP contribution is -2.33. The molecular weight excluding hydrogens is 256 g/mol. The van der Waals surface area contributed by atoms with Crippen molar-refractivity contribution in [2.75, 3.05) is 11.5 Å². The molecule has 114 valence electrons. The van der Waals surface area contributed by atoms with Crippen LogP contribution in [0.4, 0.5) is 11.5 Å². The van der Waals surface area contributed by atoms with E-state index in [0.717, 1.165) is 19.3 Å². The molecule has 0 aromatic carbocycles. The molecule has 0 aliphatic rings. The Balaban J connectivity index is 2.35. The highest BCUT2D eigenvalue weighted by Gasteiger charge is 2.08. The lowest BCUT2D eigenvalue weighted by Gasteiger charge is -2.10. The Morgan fingerprint density at radius 2 is 1.50 bits per heavy atom. The molecule has 1 heterocycles. The van der Waals surface area contributed by atoms with Gasteiger partial charge >= 0.3 is 5.69 Å². The number of hydrogen-bond acceptors (Lipinski definition) is 4. The molecule has 6 nitrogen and oxygen atoms in total. The van der Waals surface area contributed by atoms with Crippen LogP contribution in [0.3, 0.4) is 0 Å². The molecule has 0 atom stereocenters. The Labute approximate surface area is 119 Å². The minimum atomic E-state index is -0.611. The van der Waals surface area contributed by atoms with Crippen molar-refractivity contribution in [3.05, 3.63) is 20.8 Å². The maximum atomic E-state index is 11.6. The first kappa shape index (κ1) is 16.3. The number of anilines is 2. The van der Waals surface area contributed by atoms with Gasteiger partial charge < -0.3 is 11.5 Å². The molecule has 0 unspecified atom stereocenters. The molecular formula is C14H26N4O2. The van der Waals surface area contributed by atoms with Crippen molar-refractivity contribution in [1.82, 2.24) is 9.55 Å². The van der Waals surface area contributed by atoms with Crippen molar-refractivity contribution < 1.29 is 0 Å². The molecule has 0 aliphatic heterocycles. The topological polar surface area (TPSA) is 107 Å². The fourth-order valence-corrected chi connectivity index (χ4v) is 2.23. The summed E-state index contributed by atoms with van der Waals surface area (Å²) in [5.41, 5.74) is 10.0. The molecule has 0 saturated heterocycles. The van der Waals surface area contributed by atoms with Crippen molar-refractivity contribution in [1.29, 1.82) is 0 Å². The van der Waals surface area contributed by atoms with E-state index in [9.17, 15) is 9.59 Å². The molecule has 0 amide bonds. The summed E-state index contributed by atoms with van der Waals surface area (Å²) in [5, 5.41) is 0. The zero-order valence-corrected chi connectivity index (χ0v) is 12.3. The van der Waals surface area contributed by atoms with Gasteiger partial charge in [0, 0.05) is 6.54 Å². The fourth-order valence-electron chi connectivity index (χ4n) is 2.23. The highest BCUT2D eigenvalue weighted by atomic mass is 16.2. The quantitative estimate of drug-likeness (QED) is 0.601. The molecule has 1 aromatic heterocycles. The maximum Gasteiger partial charge on any atom is 0.330 e. The van der Waals surface area contributed by atoms with Crippen LogP contribution in [0, 0.1) is 0 Å². The van der Waals surface area contributed by atoms with Gasteiger partial charge in [-0.1, -0.05) is 51.9 Å². The van der Waals surface area contributed by atoms with Crippen LogP contribution >= 0.6 is 0 Å². The third kappa shape index (κ3) is 4.75. The summed E-state index contributed by atoms with van der Waals surface area (Å²) in [6.45, 7) is 2.71. The van der Waals surface area contributed by atoms with Crippen LogP contribution in [0.2, 0.25) is 0 Å². The summed E-state index contributed by atoms with van der Waals surface area (Å²) in [6, 6.07) is 0. The predicted octanol–water partition coefficient (Wildman–Crippen LogP) is 1.84. The highest BCUT2D eigenvalue weighted by molar-refractivity contribution is 5.56. The van der Waals surface area contributed by atoms with Crippen LogP contribution in [0.5, 0.6) is 0 Å². The van der Waals surface area contributed by atoms with E-state index in [-0.39, 0.29) is 11.5 Å². The van der Waals surface area contributed by atoms with Gasteiger partial charge in [0.2, 0.25) is 0 Å². The number of aromatic amines is 1. The third-order valence-corrected chi connectivity index (χ3v) is 3.51. The molecule has 0 aliphatic carbocycles. The van der Waals surface area contributed by atoms with Gasteiger partial charge in [-0.25, -0.2) is 4.79 Å². The molecule has 0 fully saturated rings. The first-order valence-corrected chi connectivity index (χ1v) is 7.46. The Hall–Kier alpha value is -1.72. The summed E-state index contributed by atoms with van der Waals surface area (Å²) in [5.74, 6) is 0.0710. The summed E-state index contributed by atoms with van der Waals surface area (Å²) in [7, 11) is 0.